The highest BCUT2D eigenvalue weighted by Crippen LogP contribution is 2.38. The average molecular weight is 387 g/mol. The molecular weight excluding hydrogens is 370 g/mol. The molecule has 2 atom stereocenters. The van der Waals surface area contributed by atoms with Gasteiger partial charge in [-0.2, -0.15) is 0 Å². The van der Waals surface area contributed by atoms with Gasteiger partial charge >= 0.3 is 6.03 Å². The first kappa shape index (κ1) is 17.5. The maximum absolute atomic E-state index is 13.2. The lowest BCUT2D eigenvalue weighted by Crippen LogP contribution is -2.37. The minimum atomic E-state index is -3.28. The second-order valence-electron chi connectivity index (χ2n) is 6.84. The number of fused-ring (bicyclic) bond motifs is 1. The van der Waals surface area contributed by atoms with E-state index in [0.29, 0.717) is 11.4 Å². The van der Waals surface area contributed by atoms with E-state index in [0.717, 1.165) is 5.56 Å². The molecule has 0 spiro atoms. The molecule has 2 aromatic carbocycles. The van der Waals surface area contributed by atoms with Gasteiger partial charge in [-0.15, -0.1) is 0 Å². The number of carbonyl (C=O) groups is 1. The minimum absolute atomic E-state index is 0.0867. The molecule has 4 rings (SSSR count). The van der Waals surface area contributed by atoms with Gasteiger partial charge in [0.1, 0.15) is 0 Å². The van der Waals surface area contributed by atoms with Crippen molar-refractivity contribution in [1.29, 1.82) is 0 Å². The fraction of sp³-hybridized carbons (Fsp3) is 0.278. The fourth-order valence-electron chi connectivity index (χ4n) is 3.75. The normalized spacial score (nSPS) is 23.5. The average Bonchev–Trinajstić information content (AvgIpc) is 3.05. The predicted octanol–water partition coefficient (Wildman–Crippen LogP) is 2.52. The van der Waals surface area contributed by atoms with E-state index in [1.165, 1.54) is 34.1 Å². The molecule has 0 N–H and O–H groups in total. The zero-order valence-corrected chi connectivity index (χ0v) is 15.3. The number of non-ortho nitro benzene ring substituents is 1. The van der Waals surface area contributed by atoms with Crippen molar-refractivity contribution < 1.29 is 18.1 Å². The molecule has 8 nitrogen and oxygen atoms in total. The van der Waals surface area contributed by atoms with Crippen LogP contribution in [0.4, 0.5) is 21.9 Å². The van der Waals surface area contributed by atoms with E-state index in [2.05, 4.69) is 0 Å². The van der Waals surface area contributed by atoms with Gasteiger partial charge in [0, 0.05) is 23.5 Å². The molecule has 2 aliphatic rings. The molecule has 2 aromatic rings. The standard InChI is InChI=1S/C18H17N3O5S/c1-12-2-4-13(5-3-12)19-16-10-27(25,26)11-17(16)20(18(19)22)14-6-8-15(9-7-14)21(23)24/h2-9,16-17H,10-11H2,1H3/t16-,17+/m1/s1. The lowest BCUT2D eigenvalue weighted by molar-refractivity contribution is -0.384. The molecule has 2 fully saturated rings. The molecule has 0 aromatic heterocycles. The Hall–Kier alpha value is -2.94. The summed E-state index contributed by atoms with van der Waals surface area (Å²) in [5.41, 5.74) is 2.04. The Kier molecular flexibility index (Phi) is 3.92. The van der Waals surface area contributed by atoms with Crippen molar-refractivity contribution in [1.82, 2.24) is 0 Å². The SMILES string of the molecule is Cc1ccc(N2C(=O)N(c3ccc([N+](=O)[O-])cc3)[C@H]3CS(=O)(=O)C[C@H]32)cc1. The summed E-state index contributed by atoms with van der Waals surface area (Å²) in [5, 5.41) is 10.9. The number of sulfone groups is 1. The first-order valence-electron chi connectivity index (χ1n) is 8.41. The van der Waals surface area contributed by atoms with E-state index in [1.54, 1.807) is 12.1 Å². The van der Waals surface area contributed by atoms with Crippen molar-refractivity contribution in [2.75, 3.05) is 21.3 Å². The van der Waals surface area contributed by atoms with Crippen LogP contribution < -0.4 is 9.80 Å². The molecule has 0 bridgehead atoms. The first-order valence-corrected chi connectivity index (χ1v) is 10.2. The Bertz CT molecular complexity index is 1020. The largest absolute Gasteiger partial charge is 0.329 e. The van der Waals surface area contributed by atoms with Crippen molar-refractivity contribution in [2.24, 2.45) is 0 Å². The van der Waals surface area contributed by atoms with E-state index in [1.807, 2.05) is 19.1 Å². The van der Waals surface area contributed by atoms with Crippen LogP contribution in [0.15, 0.2) is 48.5 Å². The van der Waals surface area contributed by atoms with E-state index >= 15 is 0 Å². The highest BCUT2D eigenvalue weighted by Gasteiger charge is 2.54. The van der Waals surface area contributed by atoms with Crippen LogP contribution in [-0.2, 0) is 9.84 Å². The lowest BCUT2D eigenvalue weighted by Gasteiger charge is -2.22. The molecule has 2 saturated heterocycles. The molecule has 2 heterocycles. The molecule has 2 amide bonds. The number of nitro groups is 1. The number of aryl methyl sites for hydroxylation is 1. The first-order chi connectivity index (χ1) is 12.8. The van der Waals surface area contributed by atoms with E-state index in [4.69, 9.17) is 0 Å². The summed E-state index contributed by atoms with van der Waals surface area (Å²) in [4.78, 5) is 26.5. The van der Waals surface area contributed by atoms with Crippen LogP contribution >= 0.6 is 0 Å². The third-order valence-electron chi connectivity index (χ3n) is 5.02. The minimum Gasteiger partial charge on any atom is -0.288 e. The molecule has 2 aliphatic heterocycles. The molecule has 9 heteroatoms. The van der Waals surface area contributed by atoms with E-state index < -0.39 is 26.8 Å². The quantitative estimate of drug-likeness (QED) is 0.458. The number of benzene rings is 2. The smallest absolute Gasteiger partial charge is 0.288 e. The number of anilines is 2. The number of urea groups is 1. The lowest BCUT2D eigenvalue weighted by atomic mass is 10.1. The van der Waals surface area contributed by atoms with Gasteiger partial charge in [0.25, 0.3) is 5.69 Å². The topological polar surface area (TPSA) is 101 Å². The van der Waals surface area contributed by atoms with Crippen molar-refractivity contribution in [3.05, 3.63) is 64.2 Å². The van der Waals surface area contributed by atoms with Gasteiger partial charge in [0.05, 0.1) is 28.5 Å². The molecular formula is C18H17N3O5S. The van der Waals surface area contributed by atoms with Crippen molar-refractivity contribution in [3.8, 4) is 0 Å². The van der Waals surface area contributed by atoms with Crippen LogP contribution in [0.2, 0.25) is 0 Å². The number of rotatable bonds is 3. The van der Waals surface area contributed by atoms with Gasteiger partial charge in [-0.25, -0.2) is 13.2 Å². The molecule has 0 aliphatic carbocycles. The zero-order valence-electron chi connectivity index (χ0n) is 14.5. The second-order valence-corrected chi connectivity index (χ2v) is 9.00. The number of carbonyl (C=O) groups excluding carboxylic acids is 1. The summed E-state index contributed by atoms with van der Waals surface area (Å²) < 4.78 is 24.5. The van der Waals surface area contributed by atoms with Crippen LogP contribution in [0.25, 0.3) is 0 Å². The monoisotopic (exact) mass is 387 g/mol. The molecule has 27 heavy (non-hydrogen) atoms. The van der Waals surface area contributed by atoms with Crippen molar-refractivity contribution in [3.63, 3.8) is 0 Å². The van der Waals surface area contributed by atoms with Gasteiger partial charge in [0.15, 0.2) is 9.84 Å². The number of hydrogen-bond donors (Lipinski definition) is 0. The highest BCUT2D eigenvalue weighted by atomic mass is 32.2. The molecule has 140 valence electrons. The fourth-order valence-corrected chi connectivity index (χ4v) is 5.67. The van der Waals surface area contributed by atoms with Crippen LogP contribution in [0.1, 0.15) is 5.56 Å². The zero-order chi connectivity index (χ0) is 19.3. The van der Waals surface area contributed by atoms with Crippen LogP contribution in [0.5, 0.6) is 0 Å². The Labute approximate surface area is 156 Å². The van der Waals surface area contributed by atoms with Gasteiger partial charge in [-0.3, -0.25) is 19.9 Å². The number of nitrogens with zero attached hydrogens (tertiary/aromatic N) is 3. The third-order valence-corrected chi connectivity index (χ3v) is 6.72. The summed E-state index contributed by atoms with van der Waals surface area (Å²) >= 11 is 0. The highest BCUT2D eigenvalue weighted by molar-refractivity contribution is 7.91. The van der Waals surface area contributed by atoms with Gasteiger partial charge in [-0.05, 0) is 31.2 Å². The Morgan fingerprint density at radius 1 is 0.926 bits per heavy atom. The van der Waals surface area contributed by atoms with Crippen molar-refractivity contribution >= 4 is 32.9 Å². The molecule has 0 radical (unpaired) electrons. The second kappa shape index (κ2) is 6.05. The summed E-state index contributed by atoms with van der Waals surface area (Å²) in [7, 11) is -3.28. The summed E-state index contributed by atoms with van der Waals surface area (Å²) in [5.74, 6) is -0.219. The maximum atomic E-state index is 13.2. The van der Waals surface area contributed by atoms with Gasteiger partial charge in [0.2, 0.25) is 0 Å². The Balaban J connectivity index is 1.76. The number of nitro benzene ring substituents is 1. The maximum Gasteiger partial charge on any atom is 0.329 e. The third kappa shape index (κ3) is 2.93. The number of amides is 2. The Morgan fingerprint density at radius 3 is 1.81 bits per heavy atom. The molecule has 0 unspecified atom stereocenters. The summed E-state index contributed by atoms with van der Waals surface area (Å²) in [6.07, 6.45) is 0. The van der Waals surface area contributed by atoms with Crippen molar-refractivity contribution in [2.45, 2.75) is 19.0 Å². The van der Waals surface area contributed by atoms with Crippen LogP contribution in [0.3, 0.4) is 0 Å². The van der Waals surface area contributed by atoms with Crippen LogP contribution in [-0.4, -0.2) is 43.0 Å². The summed E-state index contributed by atoms with van der Waals surface area (Å²) in [6, 6.07) is 11.6. The number of hydrogen-bond acceptors (Lipinski definition) is 5. The van der Waals surface area contributed by atoms with E-state index in [9.17, 15) is 23.3 Å². The predicted molar refractivity (Wildman–Crippen MR) is 101 cm³/mol. The molecule has 0 saturated carbocycles. The van der Waals surface area contributed by atoms with Crippen LogP contribution in [0, 0.1) is 17.0 Å². The van der Waals surface area contributed by atoms with Gasteiger partial charge in [-0.1, -0.05) is 17.7 Å². The van der Waals surface area contributed by atoms with Gasteiger partial charge < -0.3 is 0 Å². The Morgan fingerprint density at radius 2 is 1.37 bits per heavy atom. The summed E-state index contributed by atoms with van der Waals surface area (Å²) in [6.45, 7) is 1.93. The van der Waals surface area contributed by atoms with E-state index in [-0.39, 0.29) is 23.2 Å².